The van der Waals surface area contributed by atoms with Gasteiger partial charge >= 0.3 is 18.4 Å². The molecule has 2 fully saturated rings. The monoisotopic (exact) mass is 526 g/mol. The van der Waals surface area contributed by atoms with E-state index in [-0.39, 0.29) is 23.2 Å². The third-order valence-electron chi connectivity index (χ3n) is 6.67. The first-order valence-electron chi connectivity index (χ1n) is 12.1. The van der Waals surface area contributed by atoms with E-state index in [1.165, 1.54) is 11.0 Å². The molecule has 1 aromatic carbocycles. The van der Waals surface area contributed by atoms with Crippen LogP contribution in [-0.4, -0.2) is 68.4 Å². The number of carbonyl (C=O) groups is 2. The molecule has 2 amide bonds. The number of benzene rings is 1. The number of aromatic nitrogens is 2. The fourth-order valence-electron chi connectivity index (χ4n) is 4.83. The lowest BCUT2D eigenvalue weighted by atomic mass is 9.96. The molecule has 3 heterocycles. The van der Waals surface area contributed by atoms with Crippen LogP contribution in [0.3, 0.4) is 0 Å². The van der Waals surface area contributed by atoms with Gasteiger partial charge < -0.3 is 24.2 Å². The molecule has 2 aliphatic rings. The fourth-order valence-corrected chi connectivity index (χ4v) is 4.83. The minimum absolute atomic E-state index is 0.123. The Morgan fingerprint density at radius 2 is 1.70 bits per heavy atom. The lowest BCUT2D eigenvalue weighted by Gasteiger charge is -2.30. The molecule has 37 heavy (non-hydrogen) atoms. The maximum Gasteiger partial charge on any atom is 0.419 e. The first-order chi connectivity index (χ1) is 17.2. The van der Waals surface area contributed by atoms with Crippen LogP contribution in [0, 0.1) is 5.82 Å². The summed E-state index contributed by atoms with van der Waals surface area (Å²) in [6.07, 6.45) is -3.06. The average Bonchev–Trinajstić information content (AvgIpc) is 3.45. The number of likely N-dealkylation sites (tertiary alicyclic amines) is 2. The molecule has 0 saturated carbocycles. The highest BCUT2D eigenvalue weighted by Crippen LogP contribution is 2.37. The number of nitrogens with zero attached hydrogens (tertiary/aromatic N) is 4. The standard InChI is InChI=1S/C25H30F4N4O4/c1-24(2,3)37-23(36)32-11-8-17(13-32)33-14-20(16-4-5-19(26)18(12-16)25(27,28)29)30-21(33)15-6-9-31(10-7-15)22(34)35/h4-5,12,14-15,17H,6-11,13H2,1-3H3,(H,34,35). The van der Waals surface area contributed by atoms with Crippen LogP contribution in [0.4, 0.5) is 27.2 Å². The molecule has 202 valence electrons. The topological polar surface area (TPSA) is 87.9 Å². The normalized spacial score (nSPS) is 19.4. The summed E-state index contributed by atoms with van der Waals surface area (Å²) < 4.78 is 61.3. The zero-order valence-electron chi connectivity index (χ0n) is 20.9. The van der Waals surface area contributed by atoms with Crippen LogP contribution in [0.2, 0.25) is 0 Å². The Kier molecular flexibility index (Phi) is 7.13. The van der Waals surface area contributed by atoms with Gasteiger partial charge in [0.25, 0.3) is 0 Å². The van der Waals surface area contributed by atoms with Crippen molar-refractivity contribution in [2.75, 3.05) is 26.2 Å². The summed E-state index contributed by atoms with van der Waals surface area (Å²) in [7, 11) is 0. The van der Waals surface area contributed by atoms with E-state index in [0.717, 1.165) is 12.1 Å². The molecule has 2 saturated heterocycles. The predicted octanol–water partition coefficient (Wildman–Crippen LogP) is 5.75. The second-order valence-electron chi connectivity index (χ2n) is 10.5. The van der Waals surface area contributed by atoms with Crippen molar-refractivity contribution in [3.8, 4) is 11.3 Å². The smallest absolute Gasteiger partial charge is 0.419 e. The Labute approximate surface area is 211 Å². The number of hydrogen-bond acceptors (Lipinski definition) is 4. The van der Waals surface area contributed by atoms with Crippen LogP contribution >= 0.6 is 0 Å². The lowest BCUT2D eigenvalue weighted by molar-refractivity contribution is -0.139. The lowest BCUT2D eigenvalue weighted by Crippen LogP contribution is -2.37. The van der Waals surface area contributed by atoms with Crippen molar-refractivity contribution in [3.05, 3.63) is 41.6 Å². The summed E-state index contributed by atoms with van der Waals surface area (Å²) in [5.74, 6) is -0.864. The summed E-state index contributed by atoms with van der Waals surface area (Å²) >= 11 is 0. The number of amides is 2. The van der Waals surface area contributed by atoms with E-state index in [9.17, 15) is 32.3 Å². The van der Waals surface area contributed by atoms with Crippen LogP contribution in [0.1, 0.15) is 63.4 Å². The number of imidazole rings is 1. The number of hydrogen-bond donors (Lipinski definition) is 1. The van der Waals surface area contributed by atoms with E-state index in [4.69, 9.17) is 4.74 Å². The predicted molar refractivity (Wildman–Crippen MR) is 126 cm³/mol. The molecule has 4 rings (SSSR count). The number of alkyl halides is 3. The molecular formula is C25H30F4N4O4. The third-order valence-corrected chi connectivity index (χ3v) is 6.67. The van der Waals surface area contributed by atoms with Crippen molar-refractivity contribution in [1.29, 1.82) is 0 Å². The van der Waals surface area contributed by atoms with Gasteiger partial charge in [0.1, 0.15) is 17.2 Å². The van der Waals surface area contributed by atoms with Crippen molar-refractivity contribution >= 4 is 12.2 Å². The Bertz CT molecular complexity index is 1170. The SMILES string of the molecule is CC(C)(C)OC(=O)N1CCC(n2cc(-c3ccc(F)c(C(F)(F)F)c3)nc2C2CCN(C(=O)O)CC2)C1. The quantitative estimate of drug-likeness (QED) is 0.515. The number of carbonyl (C=O) groups excluding carboxylic acids is 1. The average molecular weight is 527 g/mol. The van der Waals surface area contributed by atoms with Gasteiger partial charge in [-0.1, -0.05) is 0 Å². The molecule has 1 atom stereocenters. The van der Waals surface area contributed by atoms with Gasteiger partial charge in [0, 0.05) is 43.9 Å². The van der Waals surface area contributed by atoms with Crippen molar-refractivity contribution < 1.29 is 37.0 Å². The van der Waals surface area contributed by atoms with Crippen molar-refractivity contribution in [3.63, 3.8) is 0 Å². The summed E-state index contributed by atoms with van der Waals surface area (Å²) in [4.78, 5) is 31.5. The zero-order valence-corrected chi connectivity index (χ0v) is 20.9. The van der Waals surface area contributed by atoms with E-state index in [2.05, 4.69) is 4.98 Å². The first-order valence-corrected chi connectivity index (χ1v) is 12.1. The fraction of sp³-hybridized carbons (Fsp3) is 0.560. The Hall–Kier alpha value is -3.31. The van der Waals surface area contributed by atoms with E-state index in [1.54, 1.807) is 31.9 Å². The van der Waals surface area contributed by atoms with E-state index < -0.39 is 35.3 Å². The van der Waals surface area contributed by atoms with Crippen LogP contribution in [0.25, 0.3) is 11.3 Å². The molecule has 1 N–H and O–H groups in total. The minimum Gasteiger partial charge on any atom is -0.465 e. The molecule has 1 aromatic heterocycles. The summed E-state index contributed by atoms with van der Waals surface area (Å²) in [5, 5.41) is 9.28. The summed E-state index contributed by atoms with van der Waals surface area (Å²) in [5.41, 5.74) is -1.64. The van der Waals surface area contributed by atoms with Crippen molar-refractivity contribution in [2.24, 2.45) is 0 Å². The molecule has 2 aliphatic heterocycles. The van der Waals surface area contributed by atoms with Gasteiger partial charge in [-0.3, -0.25) is 0 Å². The van der Waals surface area contributed by atoms with Gasteiger partial charge in [0.05, 0.1) is 17.3 Å². The van der Waals surface area contributed by atoms with Gasteiger partial charge in [-0.2, -0.15) is 13.2 Å². The molecule has 2 aromatic rings. The van der Waals surface area contributed by atoms with Crippen LogP contribution < -0.4 is 0 Å². The van der Waals surface area contributed by atoms with E-state index >= 15 is 0 Å². The molecule has 1 unspecified atom stereocenters. The minimum atomic E-state index is -4.85. The molecule has 0 spiro atoms. The van der Waals surface area contributed by atoms with Crippen LogP contribution in [-0.2, 0) is 10.9 Å². The Morgan fingerprint density at radius 3 is 2.30 bits per heavy atom. The highest BCUT2D eigenvalue weighted by Gasteiger charge is 2.36. The molecule has 0 bridgehead atoms. The number of carboxylic acid groups (broad SMARTS) is 1. The molecule has 8 nitrogen and oxygen atoms in total. The van der Waals surface area contributed by atoms with Gasteiger partial charge in [-0.05, 0) is 58.2 Å². The van der Waals surface area contributed by atoms with Crippen molar-refractivity contribution in [1.82, 2.24) is 19.4 Å². The maximum atomic E-state index is 13.9. The molecule has 12 heteroatoms. The number of halogens is 4. The number of rotatable bonds is 3. The Balaban J connectivity index is 1.66. The molecule has 0 aliphatic carbocycles. The zero-order chi connectivity index (χ0) is 27.1. The number of ether oxygens (including phenoxy) is 1. The summed E-state index contributed by atoms with van der Waals surface area (Å²) in [6, 6.07) is 2.60. The van der Waals surface area contributed by atoms with E-state index in [0.29, 0.717) is 51.3 Å². The van der Waals surface area contributed by atoms with Crippen LogP contribution in [0.15, 0.2) is 24.4 Å². The van der Waals surface area contributed by atoms with Gasteiger partial charge in [-0.25, -0.2) is 19.0 Å². The highest BCUT2D eigenvalue weighted by atomic mass is 19.4. The number of piperidine rings is 1. The van der Waals surface area contributed by atoms with E-state index in [1.807, 2.05) is 4.57 Å². The summed E-state index contributed by atoms with van der Waals surface area (Å²) in [6.45, 7) is 6.74. The van der Waals surface area contributed by atoms with Gasteiger partial charge in [-0.15, -0.1) is 0 Å². The Morgan fingerprint density at radius 1 is 1.05 bits per heavy atom. The second-order valence-corrected chi connectivity index (χ2v) is 10.5. The largest absolute Gasteiger partial charge is 0.465 e. The third kappa shape index (κ3) is 5.99. The maximum absolute atomic E-state index is 13.9. The highest BCUT2D eigenvalue weighted by molar-refractivity contribution is 5.68. The first kappa shape index (κ1) is 26.7. The van der Waals surface area contributed by atoms with Crippen molar-refractivity contribution in [2.45, 2.75) is 63.8 Å². The van der Waals surface area contributed by atoms with Gasteiger partial charge in [0.15, 0.2) is 0 Å². The molecule has 0 radical (unpaired) electrons. The second kappa shape index (κ2) is 9.86. The molecular weight excluding hydrogens is 496 g/mol. The van der Waals surface area contributed by atoms with Gasteiger partial charge in [0.2, 0.25) is 0 Å². The van der Waals surface area contributed by atoms with Crippen LogP contribution in [0.5, 0.6) is 0 Å².